The molecule has 5 nitrogen and oxygen atoms in total. The Balaban J connectivity index is 1.39. The van der Waals surface area contributed by atoms with E-state index in [0.717, 1.165) is 27.7 Å². The Morgan fingerprint density at radius 3 is 2.61 bits per heavy atom. The number of fused-ring (bicyclic) bond motifs is 1. The minimum atomic E-state index is -0.391. The van der Waals surface area contributed by atoms with Crippen molar-refractivity contribution in [3.8, 4) is 28.1 Å². The van der Waals surface area contributed by atoms with E-state index in [4.69, 9.17) is 4.74 Å². The van der Waals surface area contributed by atoms with Gasteiger partial charge in [0.25, 0.3) is 0 Å². The van der Waals surface area contributed by atoms with Gasteiger partial charge in [-0.2, -0.15) is 5.10 Å². The maximum Gasteiger partial charge on any atom is 0.136 e. The van der Waals surface area contributed by atoms with Gasteiger partial charge in [-0.05, 0) is 42.0 Å². The number of rotatable bonds is 5. The van der Waals surface area contributed by atoms with Crippen LogP contribution in [0.3, 0.4) is 0 Å². The highest BCUT2D eigenvalue weighted by Gasteiger charge is 2.16. The first-order valence-electron chi connectivity index (χ1n) is 9.89. The summed E-state index contributed by atoms with van der Waals surface area (Å²) in [4.78, 5) is 8.64. The fraction of sp³-hybridized carbons (Fsp3) is 0.0800. The van der Waals surface area contributed by atoms with E-state index in [1.807, 2.05) is 61.8 Å². The second-order valence-corrected chi connectivity index (χ2v) is 7.23. The van der Waals surface area contributed by atoms with Crippen LogP contribution in [-0.4, -0.2) is 19.7 Å². The Morgan fingerprint density at radius 2 is 1.77 bits per heavy atom. The lowest BCUT2D eigenvalue weighted by Crippen LogP contribution is -1.99. The van der Waals surface area contributed by atoms with E-state index in [1.54, 1.807) is 29.2 Å². The first kappa shape index (κ1) is 18.9. The zero-order valence-electron chi connectivity index (χ0n) is 16.9. The molecule has 0 radical (unpaired) electrons. The maximum atomic E-state index is 15.0. The smallest absolute Gasteiger partial charge is 0.136 e. The van der Waals surface area contributed by atoms with Gasteiger partial charge in [-0.15, -0.1) is 0 Å². The molecule has 0 aliphatic carbocycles. The summed E-state index contributed by atoms with van der Waals surface area (Å²) >= 11 is 0. The maximum absolute atomic E-state index is 15.0. The Labute approximate surface area is 178 Å². The summed E-state index contributed by atoms with van der Waals surface area (Å²) < 4.78 is 22.5. The van der Waals surface area contributed by atoms with Crippen molar-refractivity contribution in [1.29, 1.82) is 0 Å². The summed E-state index contributed by atoms with van der Waals surface area (Å²) in [5.74, 6) is 0.0515. The molecule has 0 amide bonds. The average Bonchev–Trinajstić information content (AvgIpc) is 3.19. The van der Waals surface area contributed by atoms with E-state index in [9.17, 15) is 0 Å². The topological polar surface area (TPSA) is 52.8 Å². The van der Waals surface area contributed by atoms with Crippen molar-refractivity contribution in [3.05, 3.63) is 96.8 Å². The predicted molar refractivity (Wildman–Crippen MR) is 118 cm³/mol. The molecule has 5 rings (SSSR count). The van der Waals surface area contributed by atoms with Crippen LogP contribution in [0.5, 0.6) is 5.75 Å². The lowest BCUT2D eigenvalue weighted by molar-refractivity contribution is 0.300. The second-order valence-electron chi connectivity index (χ2n) is 7.23. The molecule has 3 aromatic heterocycles. The first-order chi connectivity index (χ1) is 15.2. The van der Waals surface area contributed by atoms with Crippen molar-refractivity contribution < 1.29 is 9.13 Å². The summed E-state index contributed by atoms with van der Waals surface area (Å²) in [5, 5.41) is 5.55. The lowest BCUT2D eigenvalue weighted by atomic mass is 10.0. The summed E-state index contributed by atoms with van der Waals surface area (Å²) in [5.41, 5.74) is 4.47. The van der Waals surface area contributed by atoms with Crippen molar-refractivity contribution >= 4 is 10.9 Å². The number of hydrogen-bond acceptors (Lipinski definition) is 4. The third-order valence-corrected chi connectivity index (χ3v) is 5.06. The normalized spacial score (nSPS) is 11.0. The number of ether oxygens (including phenoxy) is 1. The molecule has 0 saturated carbocycles. The van der Waals surface area contributed by atoms with Gasteiger partial charge >= 0.3 is 0 Å². The van der Waals surface area contributed by atoms with Crippen LogP contribution in [0.1, 0.15) is 5.69 Å². The van der Waals surface area contributed by atoms with Crippen LogP contribution < -0.4 is 4.74 Å². The number of aryl methyl sites for hydroxylation is 1. The number of pyridine rings is 2. The van der Waals surface area contributed by atoms with Crippen LogP contribution in [0, 0.1) is 5.82 Å². The van der Waals surface area contributed by atoms with E-state index < -0.39 is 5.82 Å². The van der Waals surface area contributed by atoms with Crippen LogP contribution in [0.4, 0.5) is 4.39 Å². The van der Waals surface area contributed by atoms with Crippen LogP contribution >= 0.6 is 0 Å². The highest BCUT2D eigenvalue weighted by atomic mass is 19.1. The van der Waals surface area contributed by atoms with Gasteiger partial charge in [0.2, 0.25) is 0 Å². The fourth-order valence-corrected chi connectivity index (χ4v) is 3.55. The van der Waals surface area contributed by atoms with Crippen molar-refractivity contribution in [3.63, 3.8) is 0 Å². The SMILES string of the molecule is Cn1cc(-c2ccncc2)c(-c2ccc(OCc3ccc4ccccc4n3)cc2F)n1. The molecule has 3 heterocycles. The molecule has 5 aromatic rings. The quantitative estimate of drug-likeness (QED) is 0.388. The van der Waals surface area contributed by atoms with E-state index in [1.165, 1.54) is 6.07 Å². The Hall–Kier alpha value is -4.06. The molecule has 0 bridgehead atoms. The molecular formula is C25H19FN4O. The van der Waals surface area contributed by atoms with Crippen molar-refractivity contribution in [2.75, 3.05) is 0 Å². The minimum absolute atomic E-state index is 0.259. The Bertz CT molecular complexity index is 1360. The molecule has 31 heavy (non-hydrogen) atoms. The predicted octanol–water partition coefficient (Wildman–Crippen LogP) is 5.42. The second kappa shape index (κ2) is 7.99. The highest BCUT2D eigenvalue weighted by molar-refractivity contribution is 5.81. The van der Waals surface area contributed by atoms with Crippen LogP contribution in [0.15, 0.2) is 85.3 Å². The molecule has 0 atom stereocenters. The van der Waals surface area contributed by atoms with Gasteiger partial charge < -0.3 is 4.74 Å². The molecule has 0 aliphatic heterocycles. The Morgan fingerprint density at radius 1 is 0.935 bits per heavy atom. The van der Waals surface area contributed by atoms with Gasteiger partial charge in [-0.25, -0.2) is 9.37 Å². The zero-order valence-corrected chi connectivity index (χ0v) is 16.9. The van der Waals surface area contributed by atoms with E-state index >= 15 is 4.39 Å². The fourth-order valence-electron chi connectivity index (χ4n) is 3.55. The summed E-state index contributed by atoms with van der Waals surface area (Å²) in [6.07, 6.45) is 5.29. The van der Waals surface area contributed by atoms with Gasteiger partial charge in [0.15, 0.2) is 0 Å². The lowest BCUT2D eigenvalue weighted by Gasteiger charge is -2.09. The summed E-state index contributed by atoms with van der Waals surface area (Å²) in [6, 6.07) is 20.4. The molecule has 0 fully saturated rings. The number of benzene rings is 2. The molecule has 0 aliphatic rings. The average molecular weight is 410 g/mol. The van der Waals surface area contributed by atoms with Gasteiger partial charge in [-0.1, -0.05) is 24.3 Å². The Kier molecular flexibility index (Phi) is 4.88. The number of nitrogens with zero attached hydrogens (tertiary/aromatic N) is 4. The standard InChI is InChI=1S/C25H19FN4O/c1-30-15-22(17-10-12-27-13-11-17)25(29-30)21-9-8-20(14-23(21)26)31-16-19-7-6-18-4-2-3-5-24(18)28-19/h2-15H,16H2,1H3. The molecular weight excluding hydrogens is 391 g/mol. The first-order valence-corrected chi connectivity index (χ1v) is 9.89. The highest BCUT2D eigenvalue weighted by Crippen LogP contribution is 2.33. The van der Waals surface area contributed by atoms with E-state index in [-0.39, 0.29) is 6.61 Å². The van der Waals surface area contributed by atoms with Crippen LogP contribution in [-0.2, 0) is 13.7 Å². The molecule has 152 valence electrons. The van der Waals surface area contributed by atoms with Gasteiger partial charge in [0, 0.05) is 48.2 Å². The number of hydrogen-bond donors (Lipinski definition) is 0. The number of halogens is 1. The van der Waals surface area contributed by atoms with Gasteiger partial charge in [-0.3, -0.25) is 9.67 Å². The van der Waals surface area contributed by atoms with Gasteiger partial charge in [0.1, 0.15) is 23.9 Å². The van der Waals surface area contributed by atoms with Crippen molar-refractivity contribution in [2.45, 2.75) is 6.61 Å². The third-order valence-electron chi connectivity index (χ3n) is 5.06. The largest absolute Gasteiger partial charge is 0.487 e. The van der Waals surface area contributed by atoms with Crippen LogP contribution in [0.25, 0.3) is 33.3 Å². The molecule has 0 spiro atoms. The minimum Gasteiger partial charge on any atom is -0.487 e. The van der Waals surface area contributed by atoms with E-state index in [0.29, 0.717) is 17.0 Å². The van der Waals surface area contributed by atoms with Crippen molar-refractivity contribution in [2.24, 2.45) is 7.05 Å². The molecule has 2 aromatic carbocycles. The molecule has 6 heteroatoms. The number of aromatic nitrogens is 4. The molecule has 0 saturated heterocycles. The zero-order chi connectivity index (χ0) is 21.2. The number of para-hydroxylation sites is 1. The molecule has 0 N–H and O–H groups in total. The molecule has 0 unspecified atom stereocenters. The van der Waals surface area contributed by atoms with Crippen LogP contribution in [0.2, 0.25) is 0 Å². The van der Waals surface area contributed by atoms with E-state index in [2.05, 4.69) is 15.1 Å². The monoisotopic (exact) mass is 410 g/mol. The third kappa shape index (κ3) is 3.88. The summed E-state index contributed by atoms with van der Waals surface area (Å²) in [7, 11) is 1.82. The van der Waals surface area contributed by atoms with Crippen molar-refractivity contribution in [1.82, 2.24) is 19.7 Å². The summed E-state index contributed by atoms with van der Waals surface area (Å²) in [6.45, 7) is 0.259. The van der Waals surface area contributed by atoms with Gasteiger partial charge in [0.05, 0.1) is 11.2 Å².